The molecule has 0 aliphatic carbocycles. The second-order valence-electron chi connectivity index (χ2n) is 4.44. The van der Waals surface area contributed by atoms with Crippen LogP contribution >= 0.6 is 0 Å². The highest BCUT2D eigenvalue weighted by atomic mass is 16.5. The second-order valence-corrected chi connectivity index (χ2v) is 4.44. The molecule has 86 valence electrons. The fourth-order valence-electron chi connectivity index (χ4n) is 1.59. The molecule has 2 heteroatoms. The van der Waals surface area contributed by atoms with E-state index in [0.29, 0.717) is 6.42 Å². The van der Waals surface area contributed by atoms with E-state index >= 15 is 0 Å². The van der Waals surface area contributed by atoms with Crippen LogP contribution in [0.2, 0.25) is 0 Å². The molecule has 0 rings (SSSR count). The van der Waals surface area contributed by atoms with Crippen molar-refractivity contribution in [2.24, 2.45) is 0 Å². The molecule has 2 N–H and O–H groups in total. The molecule has 14 heavy (non-hydrogen) atoms. The van der Waals surface area contributed by atoms with Crippen LogP contribution in [-0.4, -0.2) is 16.0 Å². The van der Waals surface area contributed by atoms with Crippen molar-refractivity contribution in [3.8, 4) is 0 Å². The van der Waals surface area contributed by atoms with Gasteiger partial charge in [0.25, 0.3) is 0 Å². The van der Waals surface area contributed by atoms with Crippen LogP contribution in [0.5, 0.6) is 0 Å². The average Bonchev–Trinajstić information content (AvgIpc) is 2.08. The number of hydrogen-bond acceptors (Lipinski definition) is 2. The highest BCUT2D eigenvalue weighted by Gasteiger charge is 2.12. The third kappa shape index (κ3) is 11.9. The van der Waals surface area contributed by atoms with Crippen molar-refractivity contribution in [2.75, 3.05) is 0 Å². The predicted octanol–water partition coefficient (Wildman–Crippen LogP) is 3.22. The summed E-state index contributed by atoms with van der Waals surface area (Å²) in [5.74, 6) is -1.46. The molecule has 0 bridgehead atoms. The fraction of sp³-hybridized carbons (Fsp3) is 1.00. The molecule has 0 heterocycles. The molecule has 0 spiro atoms. The van der Waals surface area contributed by atoms with Crippen LogP contribution in [0.15, 0.2) is 0 Å². The summed E-state index contributed by atoms with van der Waals surface area (Å²) in [5.41, 5.74) is 0. The Balaban J connectivity index is 2.99. The first kappa shape index (κ1) is 13.9. The Morgan fingerprint density at radius 1 is 0.786 bits per heavy atom. The average molecular weight is 202 g/mol. The van der Waals surface area contributed by atoms with Gasteiger partial charge in [-0.05, 0) is 13.3 Å². The lowest BCUT2D eigenvalue weighted by Gasteiger charge is -2.14. The van der Waals surface area contributed by atoms with E-state index in [2.05, 4.69) is 6.92 Å². The SMILES string of the molecule is CCCCCCCCCCC(C)(O)O. The van der Waals surface area contributed by atoms with Crippen molar-refractivity contribution < 1.29 is 10.2 Å². The zero-order valence-corrected chi connectivity index (χ0v) is 9.76. The maximum Gasteiger partial charge on any atom is 0.159 e. The molecule has 0 amide bonds. The Bertz CT molecular complexity index is 116. The molecular formula is C12H26O2. The van der Waals surface area contributed by atoms with E-state index in [1.165, 1.54) is 45.4 Å². The molecule has 0 fully saturated rings. The van der Waals surface area contributed by atoms with Gasteiger partial charge in [0.2, 0.25) is 0 Å². The van der Waals surface area contributed by atoms with Crippen LogP contribution < -0.4 is 0 Å². The molecule has 0 aromatic carbocycles. The third-order valence-corrected chi connectivity index (χ3v) is 2.50. The standard InChI is InChI=1S/C12H26O2/c1-3-4-5-6-7-8-9-10-11-12(2,13)14/h13-14H,3-11H2,1-2H3. The summed E-state index contributed by atoms with van der Waals surface area (Å²) < 4.78 is 0. The zero-order chi connectivity index (χ0) is 10.9. The minimum absolute atomic E-state index is 0.502. The Morgan fingerprint density at radius 2 is 1.21 bits per heavy atom. The van der Waals surface area contributed by atoms with E-state index < -0.39 is 5.79 Å². The lowest BCUT2D eigenvalue weighted by atomic mass is 10.1. The van der Waals surface area contributed by atoms with Crippen LogP contribution in [0.3, 0.4) is 0 Å². The smallest absolute Gasteiger partial charge is 0.159 e. The van der Waals surface area contributed by atoms with E-state index in [-0.39, 0.29) is 0 Å². The lowest BCUT2D eigenvalue weighted by Crippen LogP contribution is -2.22. The molecule has 0 aromatic rings. The van der Waals surface area contributed by atoms with Crippen LogP contribution in [-0.2, 0) is 0 Å². The van der Waals surface area contributed by atoms with E-state index in [1.54, 1.807) is 0 Å². The van der Waals surface area contributed by atoms with E-state index in [4.69, 9.17) is 10.2 Å². The molecule has 0 aliphatic heterocycles. The summed E-state index contributed by atoms with van der Waals surface area (Å²) in [7, 11) is 0. The van der Waals surface area contributed by atoms with E-state index in [1.807, 2.05) is 0 Å². The van der Waals surface area contributed by atoms with Gasteiger partial charge in [-0.15, -0.1) is 0 Å². The van der Waals surface area contributed by atoms with Gasteiger partial charge < -0.3 is 10.2 Å². The van der Waals surface area contributed by atoms with Gasteiger partial charge in [0.1, 0.15) is 0 Å². The number of rotatable bonds is 9. The Morgan fingerprint density at radius 3 is 1.64 bits per heavy atom. The van der Waals surface area contributed by atoms with Gasteiger partial charge in [-0.3, -0.25) is 0 Å². The van der Waals surface area contributed by atoms with Crippen molar-refractivity contribution in [2.45, 2.75) is 77.4 Å². The molecule has 0 aliphatic rings. The van der Waals surface area contributed by atoms with Gasteiger partial charge in [0, 0.05) is 6.42 Å². The largest absolute Gasteiger partial charge is 0.366 e. The molecule has 0 saturated heterocycles. The summed E-state index contributed by atoms with van der Waals surface area (Å²) in [5, 5.41) is 18.1. The summed E-state index contributed by atoms with van der Waals surface area (Å²) in [6.07, 6.45) is 10.4. The first-order valence-electron chi connectivity index (χ1n) is 6.01. The van der Waals surface area contributed by atoms with Crippen molar-refractivity contribution in [1.29, 1.82) is 0 Å². The molecule has 2 nitrogen and oxygen atoms in total. The highest BCUT2D eigenvalue weighted by molar-refractivity contribution is 4.56. The molecule has 0 aromatic heterocycles. The van der Waals surface area contributed by atoms with E-state index in [0.717, 1.165) is 12.8 Å². The molecule has 0 unspecified atom stereocenters. The third-order valence-electron chi connectivity index (χ3n) is 2.50. The number of aliphatic hydroxyl groups is 2. The molecular weight excluding hydrogens is 176 g/mol. The molecule has 0 radical (unpaired) electrons. The van der Waals surface area contributed by atoms with Gasteiger partial charge in [-0.1, -0.05) is 51.9 Å². The summed E-state index contributed by atoms with van der Waals surface area (Å²) in [6.45, 7) is 3.68. The number of hydrogen-bond donors (Lipinski definition) is 2. The monoisotopic (exact) mass is 202 g/mol. The first-order chi connectivity index (χ1) is 6.56. The Labute approximate surface area is 88.3 Å². The molecule has 0 saturated carbocycles. The lowest BCUT2D eigenvalue weighted by molar-refractivity contribution is -0.150. The second kappa shape index (κ2) is 8.25. The topological polar surface area (TPSA) is 40.5 Å². The highest BCUT2D eigenvalue weighted by Crippen LogP contribution is 2.13. The normalized spacial score (nSPS) is 12.0. The van der Waals surface area contributed by atoms with Crippen molar-refractivity contribution >= 4 is 0 Å². The van der Waals surface area contributed by atoms with Gasteiger partial charge in [0.15, 0.2) is 5.79 Å². The van der Waals surface area contributed by atoms with Crippen LogP contribution in [0.1, 0.15) is 71.6 Å². The fourth-order valence-corrected chi connectivity index (χ4v) is 1.59. The number of unbranched alkanes of at least 4 members (excludes halogenated alkanes) is 7. The van der Waals surface area contributed by atoms with Gasteiger partial charge in [-0.25, -0.2) is 0 Å². The quantitative estimate of drug-likeness (QED) is 0.445. The Hall–Kier alpha value is -0.0800. The predicted molar refractivity (Wildman–Crippen MR) is 60.1 cm³/mol. The van der Waals surface area contributed by atoms with Gasteiger partial charge in [0.05, 0.1) is 0 Å². The van der Waals surface area contributed by atoms with Gasteiger partial charge >= 0.3 is 0 Å². The maximum absolute atomic E-state index is 9.05. The first-order valence-corrected chi connectivity index (χ1v) is 6.01. The minimum Gasteiger partial charge on any atom is -0.366 e. The van der Waals surface area contributed by atoms with Gasteiger partial charge in [-0.2, -0.15) is 0 Å². The van der Waals surface area contributed by atoms with Crippen LogP contribution in [0.25, 0.3) is 0 Å². The Kier molecular flexibility index (Phi) is 8.20. The van der Waals surface area contributed by atoms with Crippen LogP contribution in [0.4, 0.5) is 0 Å². The van der Waals surface area contributed by atoms with E-state index in [9.17, 15) is 0 Å². The maximum atomic E-state index is 9.05. The summed E-state index contributed by atoms with van der Waals surface area (Å²) in [6, 6.07) is 0. The molecule has 0 atom stereocenters. The zero-order valence-electron chi connectivity index (χ0n) is 9.76. The minimum atomic E-state index is -1.46. The van der Waals surface area contributed by atoms with Crippen molar-refractivity contribution in [3.63, 3.8) is 0 Å². The summed E-state index contributed by atoms with van der Waals surface area (Å²) >= 11 is 0. The summed E-state index contributed by atoms with van der Waals surface area (Å²) in [4.78, 5) is 0. The van der Waals surface area contributed by atoms with Crippen molar-refractivity contribution in [1.82, 2.24) is 0 Å². The van der Waals surface area contributed by atoms with Crippen LogP contribution in [0, 0.1) is 0 Å². The van der Waals surface area contributed by atoms with Crippen molar-refractivity contribution in [3.05, 3.63) is 0 Å².